The van der Waals surface area contributed by atoms with Crippen molar-refractivity contribution in [3.63, 3.8) is 0 Å². The summed E-state index contributed by atoms with van der Waals surface area (Å²) in [5.41, 5.74) is 3.71. The number of nitrogens with one attached hydrogen (secondary N) is 2. The van der Waals surface area contributed by atoms with E-state index in [0.717, 1.165) is 41.4 Å². The monoisotopic (exact) mass is 421 g/mol. The Labute approximate surface area is 184 Å². The molecular weight excluding hydrogens is 390 g/mol. The number of carbonyl (C=O) groups is 1. The average molecular weight is 422 g/mol. The van der Waals surface area contributed by atoms with E-state index in [0.29, 0.717) is 25.2 Å². The van der Waals surface area contributed by atoms with E-state index in [2.05, 4.69) is 16.7 Å². The van der Waals surface area contributed by atoms with Crippen molar-refractivity contribution in [2.75, 3.05) is 44.5 Å². The molecule has 164 valence electrons. The van der Waals surface area contributed by atoms with Crippen LogP contribution in [0.1, 0.15) is 30.1 Å². The molecule has 0 aliphatic carbocycles. The lowest BCUT2D eigenvalue weighted by Crippen LogP contribution is -2.35. The van der Waals surface area contributed by atoms with Gasteiger partial charge < -0.3 is 25.0 Å². The van der Waals surface area contributed by atoms with Gasteiger partial charge in [0.25, 0.3) is 5.91 Å². The van der Waals surface area contributed by atoms with E-state index in [9.17, 15) is 4.79 Å². The highest BCUT2D eigenvalue weighted by Crippen LogP contribution is 2.29. The third-order valence-electron chi connectivity index (χ3n) is 5.21. The molecule has 1 aliphatic rings. The van der Waals surface area contributed by atoms with Gasteiger partial charge >= 0.3 is 0 Å². The Kier molecular flexibility index (Phi) is 7.98. The molecule has 0 radical (unpaired) electrons. The van der Waals surface area contributed by atoms with Gasteiger partial charge in [-0.3, -0.25) is 4.79 Å². The zero-order valence-corrected chi connectivity index (χ0v) is 18.5. The number of hydrogen-bond donors (Lipinski definition) is 2. The molecule has 2 aromatic rings. The first-order valence-electron chi connectivity index (χ1n) is 10.6. The lowest BCUT2D eigenvalue weighted by molar-refractivity contribution is 0.0760. The van der Waals surface area contributed by atoms with Crippen LogP contribution in [0.4, 0.5) is 11.4 Å². The van der Waals surface area contributed by atoms with E-state index in [1.54, 1.807) is 14.2 Å². The van der Waals surface area contributed by atoms with Crippen LogP contribution in [0.25, 0.3) is 0 Å². The molecule has 1 heterocycles. The van der Waals surface area contributed by atoms with Crippen molar-refractivity contribution in [1.29, 1.82) is 0 Å². The third-order valence-corrected chi connectivity index (χ3v) is 5.21. The molecule has 0 spiro atoms. The van der Waals surface area contributed by atoms with Crippen molar-refractivity contribution >= 4 is 17.3 Å². The molecule has 0 fully saturated rings. The van der Waals surface area contributed by atoms with E-state index in [-0.39, 0.29) is 5.91 Å². The predicted octanol–water partition coefficient (Wildman–Crippen LogP) is 4.92. The molecule has 6 heteroatoms. The summed E-state index contributed by atoms with van der Waals surface area (Å²) in [6.45, 7) is 3.92. The number of amides is 1. The van der Waals surface area contributed by atoms with E-state index in [1.165, 1.54) is 0 Å². The molecule has 1 amide bonds. The fourth-order valence-electron chi connectivity index (χ4n) is 3.50. The van der Waals surface area contributed by atoms with E-state index < -0.39 is 0 Å². The van der Waals surface area contributed by atoms with Crippen molar-refractivity contribution in [1.82, 2.24) is 4.90 Å². The van der Waals surface area contributed by atoms with Crippen LogP contribution in [0.15, 0.2) is 66.4 Å². The van der Waals surface area contributed by atoms with Crippen molar-refractivity contribution < 1.29 is 14.3 Å². The molecule has 2 N–H and O–H groups in total. The molecule has 3 rings (SSSR count). The Morgan fingerprint density at radius 2 is 1.74 bits per heavy atom. The first-order chi connectivity index (χ1) is 15.1. The number of benzene rings is 2. The second-order valence-corrected chi connectivity index (χ2v) is 7.31. The van der Waals surface area contributed by atoms with Gasteiger partial charge in [-0.25, -0.2) is 0 Å². The summed E-state index contributed by atoms with van der Waals surface area (Å²) in [4.78, 5) is 15.1. The highest BCUT2D eigenvalue weighted by atomic mass is 16.5. The fourth-order valence-corrected chi connectivity index (χ4v) is 3.50. The predicted molar refractivity (Wildman–Crippen MR) is 126 cm³/mol. The van der Waals surface area contributed by atoms with Crippen molar-refractivity contribution in [2.24, 2.45) is 0 Å². The minimum Gasteiger partial charge on any atom is -0.497 e. The Hall–Kier alpha value is -3.41. The molecule has 6 nitrogen and oxygen atoms in total. The molecule has 2 aromatic carbocycles. The van der Waals surface area contributed by atoms with Gasteiger partial charge in [-0.15, -0.1) is 0 Å². The first-order valence-corrected chi connectivity index (χ1v) is 10.6. The van der Waals surface area contributed by atoms with Gasteiger partial charge in [-0.2, -0.15) is 0 Å². The summed E-state index contributed by atoms with van der Waals surface area (Å²) in [5.74, 6) is 1.56. The molecule has 31 heavy (non-hydrogen) atoms. The fraction of sp³-hybridized carbons (Fsp3) is 0.320. The molecule has 0 aromatic heterocycles. The van der Waals surface area contributed by atoms with Crippen LogP contribution in [0.5, 0.6) is 11.5 Å². The number of carbonyl (C=O) groups excluding carboxylic acids is 1. The van der Waals surface area contributed by atoms with Crippen molar-refractivity contribution in [3.8, 4) is 11.5 Å². The summed E-state index contributed by atoms with van der Waals surface area (Å²) in [5, 5.41) is 7.01. The Bertz CT molecular complexity index is 936. The zero-order valence-electron chi connectivity index (χ0n) is 18.5. The normalized spacial score (nSPS) is 16.1. The molecule has 0 unspecified atom stereocenters. The Morgan fingerprint density at radius 3 is 2.45 bits per heavy atom. The van der Waals surface area contributed by atoms with Gasteiger partial charge in [0.1, 0.15) is 11.5 Å². The van der Waals surface area contributed by atoms with Gasteiger partial charge in [0.15, 0.2) is 0 Å². The van der Waals surface area contributed by atoms with Crippen LogP contribution >= 0.6 is 0 Å². The minimum atomic E-state index is 0.0292. The summed E-state index contributed by atoms with van der Waals surface area (Å²) >= 11 is 0. The molecule has 1 aliphatic heterocycles. The Morgan fingerprint density at radius 1 is 1.00 bits per heavy atom. The van der Waals surface area contributed by atoms with Gasteiger partial charge in [0.2, 0.25) is 0 Å². The zero-order chi connectivity index (χ0) is 22.1. The van der Waals surface area contributed by atoms with Crippen molar-refractivity contribution in [3.05, 3.63) is 72.0 Å². The van der Waals surface area contributed by atoms with Crippen LogP contribution in [0, 0.1) is 0 Å². The largest absolute Gasteiger partial charge is 0.497 e. The second kappa shape index (κ2) is 11.1. The summed E-state index contributed by atoms with van der Waals surface area (Å²) in [6, 6.07) is 13.2. The summed E-state index contributed by atoms with van der Waals surface area (Å²) in [7, 11) is 3.28. The quantitative estimate of drug-likeness (QED) is 0.733. The van der Waals surface area contributed by atoms with Gasteiger partial charge in [-0.05, 0) is 62.2 Å². The van der Waals surface area contributed by atoms with E-state index in [1.807, 2.05) is 66.4 Å². The number of anilines is 2. The number of rotatable bonds is 4. The minimum absolute atomic E-state index is 0.0292. The molecule has 0 bridgehead atoms. The van der Waals surface area contributed by atoms with Crippen LogP contribution in [0.3, 0.4) is 0 Å². The highest BCUT2D eigenvalue weighted by molar-refractivity contribution is 5.94. The highest BCUT2D eigenvalue weighted by Gasteiger charge is 2.17. The molecule has 0 atom stereocenters. The number of nitrogens with zero attached hydrogens (tertiary/aromatic N) is 1. The maximum Gasteiger partial charge on any atom is 0.253 e. The van der Waals surface area contributed by atoms with Crippen LogP contribution in [0.2, 0.25) is 0 Å². The van der Waals surface area contributed by atoms with Gasteiger partial charge in [0, 0.05) is 37.0 Å². The number of hydrogen-bond acceptors (Lipinski definition) is 5. The lowest BCUT2D eigenvalue weighted by atomic mass is 10.1. The maximum absolute atomic E-state index is 13.1. The van der Waals surface area contributed by atoms with E-state index >= 15 is 0 Å². The smallest absolute Gasteiger partial charge is 0.253 e. The summed E-state index contributed by atoms with van der Waals surface area (Å²) in [6.07, 6.45) is 7.82. The summed E-state index contributed by atoms with van der Waals surface area (Å²) < 4.78 is 10.6. The van der Waals surface area contributed by atoms with Crippen LogP contribution in [-0.2, 0) is 0 Å². The van der Waals surface area contributed by atoms with Gasteiger partial charge in [-0.1, -0.05) is 12.2 Å². The maximum atomic E-state index is 13.1. The Balaban J connectivity index is 1.83. The molecule has 0 saturated carbocycles. The number of ether oxygens (including phenoxy) is 2. The SMILES string of the molecule is C/C=C\C=C1\CCCN(C(=O)c2ccc(OC)cc2)CCNc2cc(OC)ccc2N1. The molecular formula is C25H31N3O3. The molecule has 0 saturated heterocycles. The lowest BCUT2D eigenvalue weighted by Gasteiger charge is -2.23. The van der Waals surface area contributed by atoms with E-state index in [4.69, 9.17) is 9.47 Å². The topological polar surface area (TPSA) is 62.8 Å². The number of allylic oxidation sites excluding steroid dienone is 4. The second-order valence-electron chi connectivity index (χ2n) is 7.31. The number of fused-ring (bicyclic) bond motifs is 1. The van der Waals surface area contributed by atoms with Crippen LogP contribution in [-0.4, -0.2) is 44.7 Å². The van der Waals surface area contributed by atoms with Crippen LogP contribution < -0.4 is 20.1 Å². The standard InChI is InChI=1S/C25H31N3O3/c1-4-5-7-20-8-6-16-28(25(29)19-9-11-21(30-2)12-10-19)17-15-26-24-18-22(31-3)13-14-23(24)27-20/h4-5,7,9-14,18,26-27H,6,8,15-17H2,1-3H3/b5-4-,20-7-. The van der Waals surface area contributed by atoms with Crippen molar-refractivity contribution in [2.45, 2.75) is 19.8 Å². The average Bonchev–Trinajstić information content (AvgIpc) is 2.85. The first kappa shape index (κ1) is 22.3. The third kappa shape index (κ3) is 6.04. The van der Waals surface area contributed by atoms with Gasteiger partial charge in [0.05, 0.1) is 25.6 Å². The number of methoxy groups -OCH3 is 2.